The van der Waals surface area contributed by atoms with Crippen LogP contribution >= 0.6 is 15.9 Å². The highest BCUT2D eigenvalue weighted by molar-refractivity contribution is 9.10. The molecule has 1 aliphatic rings. The Balaban J connectivity index is 2.36. The molecule has 1 aromatic rings. The van der Waals surface area contributed by atoms with Crippen LogP contribution in [-0.4, -0.2) is 46.5 Å². The van der Waals surface area contributed by atoms with Gasteiger partial charge in [0.25, 0.3) is 0 Å². The normalized spacial score (nSPS) is 21.6. The first-order valence-corrected chi connectivity index (χ1v) is 7.80. The first kappa shape index (κ1) is 15.9. The maximum absolute atomic E-state index is 5.90. The second-order valence-corrected chi connectivity index (χ2v) is 6.27. The molecule has 0 spiro atoms. The van der Waals surface area contributed by atoms with Gasteiger partial charge in [-0.2, -0.15) is 5.10 Å². The minimum atomic E-state index is -0.0884. The van der Waals surface area contributed by atoms with Crippen molar-refractivity contribution in [2.45, 2.75) is 31.8 Å². The van der Waals surface area contributed by atoms with Crippen LogP contribution in [0, 0.1) is 0 Å². The van der Waals surface area contributed by atoms with E-state index in [2.05, 4.69) is 45.2 Å². The van der Waals surface area contributed by atoms with Crippen LogP contribution in [0.2, 0.25) is 0 Å². The third kappa shape index (κ3) is 2.78. The van der Waals surface area contributed by atoms with E-state index in [1.54, 1.807) is 0 Å². The van der Waals surface area contributed by atoms with E-state index in [-0.39, 0.29) is 11.6 Å². The third-order valence-corrected chi connectivity index (χ3v) is 5.06. The first-order chi connectivity index (χ1) is 9.54. The van der Waals surface area contributed by atoms with Crippen molar-refractivity contribution in [3.8, 4) is 0 Å². The summed E-state index contributed by atoms with van der Waals surface area (Å²) in [6.07, 6.45) is 2.80. The maximum Gasteiger partial charge on any atom is 0.0821 e. The SMILES string of the molecule is CCC(C)(C(NN)c1c(Br)cnn1C)N1CCOCC1. The molecule has 0 aromatic carbocycles. The highest BCUT2D eigenvalue weighted by atomic mass is 79.9. The Bertz CT molecular complexity index is 426. The van der Waals surface area contributed by atoms with E-state index >= 15 is 0 Å². The molecule has 2 rings (SSSR count). The van der Waals surface area contributed by atoms with Crippen LogP contribution in [0.5, 0.6) is 0 Å². The third-order valence-electron chi connectivity index (χ3n) is 4.45. The van der Waals surface area contributed by atoms with Gasteiger partial charge in [0, 0.05) is 25.7 Å². The molecule has 0 radical (unpaired) electrons. The van der Waals surface area contributed by atoms with Gasteiger partial charge >= 0.3 is 0 Å². The number of ether oxygens (including phenoxy) is 1. The molecule has 20 heavy (non-hydrogen) atoms. The molecule has 3 N–H and O–H groups in total. The number of hydrogen-bond acceptors (Lipinski definition) is 5. The van der Waals surface area contributed by atoms with Gasteiger partial charge in [0.2, 0.25) is 0 Å². The number of nitrogens with one attached hydrogen (secondary N) is 1. The number of halogens is 1. The maximum atomic E-state index is 5.90. The molecular formula is C13H24BrN5O. The summed E-state index contributed by atoms with van der Waals surface area (Å²) in [6, 6.07) is -0.00697. The van der Waals surface area contributed by atoms with Crippen molar-refractivity contribution >= 4 is 15.9 Å². The molecule has 0 bridgehead atoms. The number of hydrazine groups is 1. The Hall–Kier alpha value is -0.470. The molecule has 1 aromatic heterocycles. The molecule has 0 saturated carbocycles. The Kier molecular flexibility index (Phi) is 5.19. The van der Waals surface area contributed by atoms with E-state index in [9.17, 15) is 0 Å². The predicted octanol–water partition coefficient (Wildman–Crippen LogP) is 1.19. The van der Waals surface area contributed by atoms with Crippen molar-refractivity contribution < 1.29 is 4.74 Å². The van der Waals surface area contributed by atoms with Gasteiger partial charge in [0.15, 0.2) is 0 Å². The van der Waals surface area contributed by atoms with E-state index in [1.165, 1.54) is 0 Å². The van der Waals surface area contributed by atoms with Crippen molar-refractivity contribution in [1.29, 1.82) is 0 Å². The molecular weight excluding hydrogens is 322 g/mol. The number of aryl methyl sites for hydroxylation is 1. The summed E-state index contributed by atoms with van der Waals surface area (Å²) in [4.78, 5) is 2.46. The molecule has 6 nitrogen and oxygen atoms in total. The monoisotopic (exact) mass is 345 g/mol. The highest BCUT2D eigenvalue weighted by Crippen LogP contribution is 2.37. The Morgan fingerprint density at radius 3 is 2.65 bits per heavy atom. The van der Waals surface area contributed by atoms with Crippen molar-refractivity contribution in [3.63, 3.8) is 0 Å². The van der Waals surface area contributed by atoms with Gasteiger partial charge in [0.05, 0.1) is 35.6 Å². The highest BCUT2D eigenvalue weighted by Gasteiger charge is 2.41. The second kappa shape index (κ2) is 6.53. The van der Waals surface area contributed by atoms with Crippen molar-refractivity contribution in [2.24, 2.45) is 12.9 Å². The molecule has 0 aliphatic carbocycles. The number of aromatic nitrogens is 2. The fraction of sp³-hybridized carbons (Fsp3) is 0.769. The fourth-order valence-electron chi connectivity index (χ4n) is 2.98. The second-order valence-electron chi connectivity index (χ2n) is 5.41. The fourth-order valence-corrected chi connectivity index (χ4v) is 3.56. The quantitative estimate of drug-likeness (QED) is 0.619. The summed E-state index contributed by atoms with van der Waals surface area (Å²) in [5, 5.41) is 4.31. The predicted molar refractivity (Wildman–Crippen MR) is 82.1 cm³/mol. The largest absolute Gasteiger partial charge is 0.379 e. The zero-order chi connectivity index (χ0) is 14.8. The number of hydrogen-bond donors (Lipinski definition) is 2. The lowest BCUT2D eigenvalue weighted by molar-refractivity contribution is -0.0340. The molecule has 1 saturated heterocycles. The molecule has 114 valence electrons. The smallest absolute Gasteiger partial charge is 0.0821 e. The molecule has 2 heterocycles. The van der Waals surface area contributed by atoms with Gasteiger partial charge in [-0.25, -0.2) is 5.43 Å². The van der Waals surface area contributed by atoms with Crippen LogP contribution in [0.15, 0.2) is 10.7 Å². The van der Waals surface area contributed by atoms with Gasteiger partial charge in [-0.3, -0.25) is 15.4 Å². The zero-order valence-electron chi connectivity index (χ0n) is 12.4. The van der Waals surface area contributed by atoms with Crippen LogP contribution in [0.25, 0.3) is 0 Å². The van der Waals surface area contributed by atoms with Crippen LogP contribution < -0.4 is 11.3 Å². The van der Waals surface area contributed by atoms with Gasteiger partial charge in [-0.05, 0) is 29.3 Å². The minimum Gasteiger partial charge on any atom is -0.379 e. The van der Waals surface area contributed by atoms with E-state index in [0.29, 0.717) is 0 Å². The van der Waals surface area contributed by atoms with Gasteiger partial charge in [0.1, 0.15) is 0 Å². The van der Waals surface area contributed by atoms with Crippen molar-refractivity contribution in [1.82, 2.24) is 20.1 Å². The first-order valence-electron chi connectivity index (χ1n) is 7.01. The molecule has 7 heteroatoms. The zero-order valence-corrected chi connectivity index (χ0v) is 14.0. The van der Waals surface area contributed by atoms with E-state index in [4.69, 9.17) is 10.6 Å². The summed E-state index contributed by atoms with van der Waals surface area (Å²) in [5.74, 6) is 5.90. The van der Waals surface area contributed by atoms with Crippen LogP contribution in [0.3, 0.4) is 0 Å². The average molecular weight is 346 g/mol. The van der Waals surface area contributed by atoms with Crippen molar-refractivity contribution in [3.05, 3.63) is 16.4 Å². The molecule has 1 fully saturated rings. The summed E-state index contributed by atoms with van der Waals surface area (Å²) in [5.41, 5.74) is 3.99. The summed E-state index contributed by atoms with van der Waals surface area (Å²) in [7, 11) is 1.94. The van der Waals surface area contributed by atoms with E-state index in [1.807, 2.05) is 17.9 Å². The number of nitrogens with two attached hydrogens (primary N) is 1. The topological polar surface area (TPSA) is 68.3 Å². The summed E-state index contributed by atoms with van der Waals surface area (Å²) >= 11 is 3.58. The Morgan fingerprint density at radius 2 is 2.20 bits per heavy atom. The van der Waals surface area contributed by atoms with Crippen molar-refractivity contribution in [2.75, 3.05) is 26.3 Å². The number of morpholine rings is 1. The van der Waals surface area contributed by atoms with E-state index in [0.717, 1.165) is 42.9 Å². The average Bonchev–Trinajstić information content (AvgIpc) is 2.81. The van der Waals surface area contributed by atoms with Crippen LogP contribution in [0.1, 0.15) is 32.0 Å². The standard InChI is InChI=1S/C13H24BrN5O/c1-4-13(2,19-5-7-20-8-6-19)12(17-15)11-10(14)9-16-18(11)3/h9,12,17H,4-8,15H2,1-3H3. The van der Waals surface area contributed by atoms with E-state index < -0.39 is 0 Å². The summed E-state index contributed by atoms with van der Waals surface area (Å²) < 4.78 is 8.33. The minimum absolute atomic E-state index is 0.00697. The molecule has 1 aliphatic heterocycles. The lowest BCUT2D eigenvalue weighted by Crippen LogP contribution is -2.59. The summed E-state index contributed by atoms with van der Waals surface area (Å²) in [6.45, 7) is 7.86. The van der Waals surface area contributed by atoms with Gasteiger partial charge in [-0.15, -0.1) is 0 Å². The Morgan fingerprint density at radius 1 is 1.55 bits per heavy atom. The molecule has 0 amide bonds. The lowest BCUT2D eigenvalue weighted by atomic mass is 9.85. The molecule has 2 atom stereocenters. The van der Waals surface area contributed by atoms with Crippen LogP contribution in [0.4, 0.5) is 0 Å². The molecule has 2 unspecified atom stereocenters. The van der Waals surface area contributed by atoms with Gasteiger partial charge < -0.3 is 4.74 Å². The van der Waals surface area contributed by atoms with Gasteiger partial charge in [-0.1, -0.05) is 6.92 Å². The lowest BCUT2D eigenvalue weighted by Gasteiger charge is -2.47. The van der Waals surface area contributed by atoms with Crippen LogP contribution in [-0.2, 0) is 11.8 Å². The Labute approximate surface area is 128 Å². The number of rotatable bonds is 5. The number of nitrogens with zero attached hydrogens (tertiary/aromatic N) is 3.